The van der Waals surface area contributed by atoms with Crippen LogP contribution in [0.25, 0.3) is 0 Å². The summed E-state index contributed by atoms with van der Waals surface area (Å²) in [5, 5.41) is 0. The lowest BCUT2D eigenvalue weighted by atomic mass is 9.81. The molecule has 0 radical (unpaired) electrons. The summed E-state index contributed by atoms with van der Waals surface area (Å²) in [5.74, 6) is -0.333. The number of carbonyl (C=O) groups excluding carboxylic acids is 2. The highest BCUT2D eigenvalue weighted by atomic mass is 16.6. The fourth-order valence-electron chi connectivity index (χ4n) is 2.81. The van der Waals surface area contributed by atoms with Gasteiger partial charge in [-0.05, 0) is 51.9 Å². The van der Waals surface area contributed by atoms with Crippen molar-refractivity contribution in [2.75, 3.05) is 13.7 Å². The highest BCUT2D eigenvalue weighted by Crippen LogP contribution is 2.38. The molecule has 0 saturated carbocycles. The van der Waals surface area contributed by atoms with Crippen LogP contribution in [0.3, 0.4) is 0 Å². The molecule has 0 bridgehead atoms. The van der Waals surface area contributed by atoms with Gasteiger partial charge in [0.1, 0.15) is 11.1 Å². The van der Waals surface area contributed by atoms with Crippen LogP contribution in [0.5, 0.6) is 0 Å². The molecule has 1 aliphatic rings. The number of carbonyl (C=O) groups is 2. The molecule has 1 heterocycles. The number of hydrogen-bond acceptors (Lipinski definition) is 4. The monoisotopic (exact) mass is 313 g/mol. The number of methoxy groups -OCH3 is 1. The van der Waals surface area contributed by atoms with Gasteiger partial charge in [-0.2, -0.15) is 0 Å². The molecule has 1 aliphatic heterocycles. The van der Waals surface area contributed by atoms with E-state index in [4.69, 9.17) is 9.47 Å². The normalized spacial score (nSPS) is 22.6. The van der Waals surface area contributed by atoms with Crippen molar-refractivity contribution in [1.29, 1.82) is 0 Å². The average Bonchev–Trinajstić information content (AvgIpc) is 2.77. The third kappa shape index (κ3) is 4.62. The fourth-order valence-corrected chi connectivity index (χ4v) is 2.81. The second kappa shape index (κ2) is 6.47. The van der Waals surface area contributed by atoms with Gasteiger partial charge in [0.2, 0.25) is 0 Å². The molecule has 1 rings (SSSR count). The lowest BCUT2D eigenvalue weighted by molar-refractivity contribution is -0.154. The zero-order valence-corrected chi connectivity index (χ0v) is 15.1. The van der Waals surface area contributed by atoms with Gasteiger partial charge in [-0.25, -0.2) is 9.59 Å². The smallest absolute Gasteiger partial charge is 0.411 e. The van der Waals surface area contributed by atoms with Crippen LogP contribution in [0.2, 0.25) is 0 Å². The summed E-state index contributed by atoms with van der Waals surface area (Å²) in [5.41, 5.74) is -1.38. The third-order valence-electron chi connectivity index (χ3n) is 3.96. The first kappa shape index (κ1) is 18.8. The van der Waals surface area contributed by atoms with E-state index >= 15 is 0 Å². The topological polar surface area (TPSA) is 55.8 Å². The molecule has 5 heteroatoms. The summed E-state index contributed by atoms with van der Waals surface area (Å²) < 4.78 is 10.5. The molecule has 1 fully saturated rings. The molecule has 0 aliphatic carbocycles. The minimum absolute atomic E-state index is 0.0865. The number of likely N-dealkylation sites (tertiary alicyclic amines) is 1. The van der Waals surface area contributed by atoms with E-state index in [0.717, 1.165) is 12.8 Å². The second-order valence-corrected chi connectivity index (χ2v) is 8.32. The minimum atomic E-state index is -0.885. The van der Waals surface area contributed by atoms with Gasteiger partial charge in [0.25, 0.3) is 0 Å². The standard InChI is InChI=1S/C17H31NO4/c1-15(2,3)10-11-17(13(19)21-7)9-8-12-18(17)14(20)22-16(4,5)6/h8-12H2,1-7H3. The van der Waals surface area contributed by atoms with Gasteiger partial charge in [-0.3, -0.25) is 4.90 Å². The van der Waals surface area contributed by atoms with Crippen LogP contribution in [0.15, 0.2) is 0 Å². The lowest BCUT2D eigenvalue weighted by Gasteiger charge is -2.38. The van der Waals surface area contributed by atoms with Gasteiger partial charge < -0.3 is 9.47 Å². The first-order valence-corrected chi connectivity index (χ1v) is 8.00. The molecule has 1 atom stereocenters. The Labute approximate surface area is 134 Å². The molecule has 0 N–H and O–H groups in total. The fraction of sp³-hybridized carbons (Fsp3) is 0.882. The predicted molar refractivity (Wildman–Crippen MR) is 85.6 cm³/mol. The Hall–Kier alpha value is -1.26. The third-order valence-corrected chi connectivity index (χ3v) is 3.96. The number of ether oxygens (including phenoxy) is 2. The Bertz CT molecular complexity index is 419. The minimum Gasteiger partial charge on any atom is -0.467 e. The van der Waals surface area contributed by atoms with E-state index in [1.54, 1.807) is 4.90 Å². The number of hydrogen-bond donors (Lipinski definition) is 0. The van der Waals surface area contributed by atoms with Crippen LogP contribution in [0, 0.1) is 5.41 Å². The Balaban J connectivity index is 3.02. The van der Waals surface area contributed by atoms with Gasteiger partial charge in [0.15, 0.2) is 0 Å². The van der Waals surface area contributed by atoms with E-state index in [1.165, 1.54) is 7.11 Å². The van der Waals surface area contributed by atoms with Crippen molar-refractivity contribution < 1.29 is 19.1 Å². The van der Waals surface area contributed by atoms with Crippen LogP contribution in [-0.2, 0) is 14.3 Å². The molecule has 1 amide bonds. The molecule has 1 saturated heterocycles. The number of esters is 1. The maximum Gasteiger partial charge on any atom is 0.411 e. The van der Waals surface area contributed by atoms with Gasteiger partial charge in [-0.1, -0.05) is 20.8 Å². The van der Waals surface area contributed by atoms with Gasteiger partial charge >= 0.3 is 12.1 Å². The van der Waals surface area contributed by atoms with Crippen LogP contribution >= 0.6 is 0 Å². The van der Waals surface area contributed by atoms with Gasteiger partial charge in [0, 0.05) is 6.54 Å². The number of nitrogens with zero attached hydrogens (tertiary/aromatic N) is 1. The van der Waals surface area contributed by atoms with E-state index in [-0.39, 0.29) is 11.4 Å². The SMILES string of the molecule is COC(=O)C1(CCC(C)(C)C)CCCN1C(=O)OC(C)(C)C. The quantitative estimate of drug-likeness (QED) is 0.745. The molecule has 22 heavy (non-hydrogen) atoms. The van der Waals surface area contributed by atoms with Crippen molar-refractivity contribution in [1.82, 2.24) is 4.90 Å². The zero-order chi connectivity index (χ0) is 17.2. The van der Waals surface area contributed by atoms with E-state index < -0.39 is 17.2 Å². The maximum atomic E-state index is 12.5. The lowest BCUT2D eigenvalue weighted by Crippen LogP contribution is -2.55. The van der Waals surface area contributed by atoms with Crippen LogP contribution in [0.4, 0.5) is 4.79 Å². The molecule has 0 aromatic rings. The Morgan fingerprint density at radius 1 is 1.14 bits per heavy atom. The molecule has 5 nitrogen and oxygen atoms in total. The van der Waals surface area contributed by atoms with Gasteiger partial charge in [-0.15, -0.1) is 0 Å². The van der Waals surface area contributed by atoms with Crippen molar-refractivity contribution in [3.05, 3.63) is 0 Å². The summed E-state index contributed by atoms with van der Waals surface area (Å²) in [6.07, 6.45) is 2.43. The van der Waals surface area contributed by atoms with E-state index in [9.17, 15) is 9.59 Å². The first-order valence-electron chi connectivity index (χ1n) is 8.00. The van der Waals surface area contributed by atoms with Crippen molar-refractivity contribution in [3.8, 4) is 0 Å². The van der Waals surface area contributed by atoms with Crippen molar-refractivity contribution in [2.24, 2.45) is 5.41 Å². The molecular weight excluding hydrogens is 282 g/mol. The predicted octanol–water partition coefficient (Wildman–Crippen LogP) is 3.76. The Morgan fingerprint density at radius 2 is 1.73 bits per heavy atom. The Morgan fingerprint density at radius 3 is 2.18 bits per heavy atom. The van der Waals surface area contributed by atoms with Crippen molar-refractivity contribution in [2.45, 2.75) is 78.4 Å². The molecule has 0 aromatic carbocycles. The van der Waals surface area contributed by atoms with Crippen LogP contribution < -0.4 is 0 Å². The molecule has 128 valence electrons. The number of rotatable bonds is 3. The van der Waals surface area contributed by atoms with E-state index in [2.05, 4.69) is 20.8 Å². The number of amides is 1. The molecule has 0 aromatic heterocycles. The summed E-state index contributed by atoms with van der Waals surface area (Å²) in [6, 6.07) is 0. The molecular formula is C17H31NO4. The van der Waals surface area contributed by atoms with Crippen molar-refractivity contribution >= 4 is 12.1 Å². The summed E-state index contributed by atoms with van der Waals surface area (Å²) >= 11 is 0. The van der Waals surface area contributed by atoms with Crippen LogP contribution in [-0.4, -0.2) is 41.8 Å². The largest absolute Gasteiger partial charge is 0.467 e. The zero-order valence-electron chi connectivity index (χ0n) is 15.1. The summed E-state index contributed by atoms with van der Waals surface area (Å²) in [7, 11) is 1.38. The Kier molecular flexibility index (Phi) is 5.52. The first-order chi connectivity index (χ1) is 9.91. The van der Waals surface area contributed by atoms with E-state index in [1.807, 2.05) is 20.8 Å². The second-order valence-electron chi connectivity index (χ2n) is 8.32. The van der Waals surface area contributed by atoms with Crippen molar-refractivity contribution in [3.63, 3.8) is 0 Å². The molecule has 1 unspecified atom stereocenters. The van der Waals surface area contributed by atoms with E-state index in [0.29, 0.717) is 19.4 Å². The van der Waals surface area contributed by atoms with Crippen LogP contribution in [0.1, 0.15) is 67.2 Å². The van der Waals surface area contributed by atoms with Gasteiger partial charge in [0.05, 0.1) is 7.11 Å². The maximum absolute atomic E-state index is 12.5. The molecule has 0 spiro atoms. The average molecular weight is 313 g/mol. The highest BCUT2D eigenvalue weighted by Gasteiger charge is 2.51. The summed E-state index contributed by atoms with van der Waals surface area (Å²) in [4.78, 5) is 26.6. The highest BCUT2D eigenvalue weighted by molar-refractivity contribution is 5.86. The summed E-state index contributed by atoms with van der Waals surface area (Å²) in [6.45, 7) is 12.4.